The average molecular weight is 354 g/mol. The normalized spacial score (nSPS) is 11.0. The van der Waals surface area contributed by atoms with Gasteiger partial charge < -0.3 is 19.5 Å². The predicted octanol–water partition coefficient (Wildman–Crippen LogP) is 2.76. The quantitative estimate of drug-likeness (QED) is 0.801. The number of methoxy groups -OCH3 is 2. The van der Waals surface area contributed by atoms with Crippen molar-refractivity contribution in [1.82, 2.24) is 0 Å². The summed E-state index contributed by atoms with van der Waals surface area (Å²) in [5.41, 5.74) is 1.08. The van der Waals surface area contributed by atoms with E-state index >= 15 is 0 Å². The number of carbonyl (C=O) groups is 2. The highest BCUT2D eigenvalue weighted by atomic mass is 16.5. The summed E-state index contributed by atoms with van der Waals surface area (Å²) in [5.74, 6) is -0.373. The van der Waals surface area contributed by atoms with Crippen LogP contribution in [0.15, 0.2) is 42.5 Å². The zero-order valence-corrected chi connectivity index (χ0v) is 14.6. The fourth-order valence-electron chi connectivity index (χ4n) is 2.16. The lowest BCUT2D eigenvalue weighted by atomic mass is 10.2. The van der Waals surface area contributed by atoms with Crippen molar-refractivity contribution in [3.05, 3.63) is 53.6 Å². The van der Waals surface area contributed by atoms with Gasteiger partial charge in [0, 0.05) is 11.8 Å². The largest absolute Gasteiger partial charge is 0.497 e. The van der Waals surface area contributed by atoms with Gasteiger partial charge in [-0.05, 0) is 37.3 Å². The van der Waals surface area contributed by atoms with E-state index < -0.39 is 18.0 Å². The molecule has 0 bridgehead atoms. The Morgan fingerprint density at radius 3 is 2.58 bits per heavy atom. The number of nitrogens with one attached hydrogen (secondary N) is 1. The van der Waals surface area contributed by atoms with E-state index in [-0.39, 0.29) is 11.3 Å². The molecule has 0 fully saturated rings. The standard InChI is InChI=1S/C19H18N2O5/c1-12(18(22)21-14-6-4-5-13(9-14)11-20)26-17-10-15(24-2)7-8-16(17)19(23)25-3/h4-10,12H,1-3H3,(H,21,22)/t12-/m0/s1. The Balaban J connectivity index is 2.17. The minimum absolute atomic E-state index is 0.171. The molecule has 0 saturated carbocycles. The van der Waals surface area contributed by atoms with Crippen molar-refractivity contribution >= 4 is 17.6 Å². The number of carbonyl (C=O) groups excluding carboxylic acids is 2. The summed E-state index contributed by atoms with van der Waals surface area (Å²) >= 11 is 0. The second-order valence-electron chi connectivity index (χ2n) is 5.30. The van der Waals surface area contributed by atoms with Gasteiger partial charge >= 0.3 is 5.97 Å². The van der Waals surface area contributed by atoms with Crippen LogP contribution >= 0.6 is 0 Å². The van der Waals surface area contributed by atoms with Crippen LogP contribution in [0.2, 0.25) is 0 Å². The number of hydrogen-bond acceptors (Lipinski definition) is 6. The number of rotatable bonds is 6. The third-order valence-corrected chi connectivity index (χ3v) is 3.53. The van der Waals surface area contributed by atoms with Crippen LogP contribution in [0.1, 0.15) is 22.8 Å². The molecule has 0 unspecified atom stereocenters. The highest BCUT2D eigenvalue weighted by Gasteiger charge is 2.20. The summed E-state index contributed by atoms with van der Waals surface area (Å²) < 4.78 is 15.5. The molecule has 0 aliphatic rings. The van der Waals surface area contributed by atoms with Crippen LogP contribution in [0.3, 0.4) is 0 Å². The first kappa shape index (κ1) is 18.8. The van der Waals surface area contributed by atoms with Crippen LogP contribution in [-0.4, -0.2) is 32.2 Å². The second kappa shape index (κ2) is 8.53. The van der Waals surface area contributed by atoms with E-state index in [1.165, 1.54) is 26.4 Å². The number of amides is 1. The lowest BCUT2D eigenvalue weighted by molar-refractivity contribution is -0.122. The smallest absolute Gasteiger partial charge is 0.341 e. The van der Waals surface area contributed by atoms with Crippen molar-refractivity contribution < 1.29 is 23.8 Å². The molecule has 2 aromatic carbocycles. The topological polar surface area (TPSA) is 97.7 Å². The van der Waals surface area contributed by atoms with Gasteiger partial charge in [-0.3, -0.25) is 4.79 Å². The minimum Gasteiger partial charge on any atom is -0.497 e. The molecule has 0 aliphatic carbocycles. The number of esters is 1. The first-order valence-corrected chi connectivity index (χ1v) is 7.72. The summed E-state index contributed by atoms with van der Waals surface area (Å²) in [4.78, 5) is 24.2. The van der Waals surface area contributed by atoms with Crippen LogP contribution in [-0.2, 0) is 9.53 Å². The minimum atomic E-state index is -0.906. The van der Waals surface area contributed by atoms with E-state index in [9.17, 15) is 9.59 Å². The molecule has 134 valence electrons. The zero-order valence-electron chi connectivity index (χ0n) is 14.6. The summed E-state index contributed by atoms with van der Waals surface area (Å²) in [7, 11) is 2.74. The van der Waals surface area contributed by atoms with Crippen LogP contribution in [0.25, 0.3) is 0 Å². The molecule has 0 saturated heterocycles. The highest BCUT2D eigenvalue weighted by Crippen LogP contribution is 2.26. The number of nitriles is 1. The fraction of sp³-hybridized carbons (Fsp3) is 0.211. The maximum atomic E-state index is 12.4. The Labute approximate surface area is 151 Å². The van der Waals surface area contributed by atoms with Crippen LogP contribution in [0.4, 0.5) is 5.69 Å². The van der Waals surface area contributed by atoms with Gasteiger partial charge in [0.15, 0.2) is 6.10 Å². The maximum absolute atomic E-state index is 12.4. The van der Waals surface area contributed by atoms with Gasteiger partial charge in [0.05, 0.1) is 25.9 Å². The second-order valence-corrected chi connectivity index (χ2v) is 5.30. The third kappa shape index (κ3) is 4.51. The van der Waals surface area contributed by atoms with Gasteiger partial charge in [0.1, 0.15) is 17.1 Å². The number of hydrogen-bond donors (Lipinski definition) is 1. The monoisotopic (exact) mass is 354 g/mol. The van der Waals surface area contributed by atoms with Gasteiger partial charge in [-0.15, -0.1) is 0 Å². The molecule has 1 N–H and O–H groups in total. The van der Waals surface area contributed by atoms with Gasteiger partial charge in [0.2, 0.25) is 0 Å². The molecule has 0 spiro atoms. The Morgan fingerprint density at radius 1 is 1.15 bits per heavy atom. The van der Waals surface area contributed by atoms with Crippen molar-refractivity contribution in [2.75, 3.05) is 19.5 Å². The average Bonchev–Trinajstić information content (AvgIpc) is 2.67. The van der Waals surface area contributed by atoms with Crippen LogP contribution in [0.5, 0.6) is 11.5 Å². The van der Waals surface area contributed by atoms with E-state index in [0.717, 1.165) is 0 Å². The highest BCUT2D eigenvalue weighted by molar-refractivity contribution is 5.95. The van der Waals surface area contributed by atoms with Gasteiger partial charge in [0.25, 0.3) is 5.91 Å². The van der Waals surface area contributed by atoms with Crippen molar-refractivity contribution in [2.45, 2.75) is 13.0 Å². The molecule has 0 heterocycles. The van der Waals surface area contributed by atoms with E-state index in [2.05, 4.69) is 5.32 Å². The first-order chi connectivity index (χ1) is 12.5. The zero-order chi connectivity index (χ0) is 19.1. The molecule has 2 rings (SSSR count). The molecule has 7 nitrogen and oxygen atoms in total. The van der Waals surface area contributed by atoms with Crippen LogP contribution in [0, 0.1) is 11.3 Å². The molecule has 0 aromatic heterocycles. The molecule has 1 amide bonds. The number of benzene rings is 2. The summed E-state index contributed by atoms with van der Waals surface area (Å²) in [6.45, 7) is 1.55. The van der Waals surface area contributed by atoms with Gasteiger partial charge in [-0.1, -0.05) is 6.07 Å². The SMILES string of the molecule is COC(=O)c1ccc(OC)cc1O[C@@H](C)C(=O)Nc1cccc(C#N)c1. The molecule has 7 heteroatoms. The molecule has 26 heavy (non-hydrogen) atoms. The third-order valence-electron chi connectivity index (χ3n) is 3.53. The Morgan fingerprint density at radius 2 is 1.92 bits per heavy atom. The van der Waals surface area contributed by atoms with E-state index in [0.29, 0.717) is 17.0 Å². The summed E-state index contributed by atoms with van der Waals surface area (Å²) in [5, 5.41) is 11.6. The van der Waals surface area contributed by atoms with E-state index in [4.69, 9.17) is 19.5 Å². The predicted molar refractivity (Wildman–Crippen MR) is 94.2 cm³/mol. The molecule has 2 aromatic rings. The summed E-state index contributed by atoms with van der Waals surface area (Å²) in [6.07, 6.45) is -0.906. The van der Waals surface area contributed by atoms with Crippen molar-refractivity contribution in [3.8, 4) is 17.6 Å². The van der Waals surface area contributed by atoms with Gasteiger partial charge in [-0.25, -0.2) is 4.79 Å². The number of ether oxygens (including phenoxy) is 3. The molecular weight excluding hydrogens is 336 g/mol. The molecule has 0 radical (unpaired) electrons. The summed E-state index contributed by atoms with van der Waals surface area (Å²) in [6, 6.07) is 13.1. The molecular formula is C19H18N2O5. The van der Waals surface area contributed by atoms with E-state index in [1.54, 1.807) is 37.3 Å². The number of nitrogens with zero attached hydrogens (tertiary/aromatic N) is 1. The van der Waals surface area contributed by atoms with Gasteiger partial charge in [-0.2, -0.15) is 5.26 Å². The van der Waals surface area contributed by atoms with Crippen LogP contribution < -0.4 is 14.8 Å². The van der Waals surface area contributed by atoms with Crippen molar-refractivity contribution in [2.24, 2.45) is 0 Å². The van der Waals surface area contributed by atoms with Crippen molar-refractivity contribution in [1.29, 1.82) is 5.26 Å². The molecule has 0 aliphatic heterocycles. The fourth-order valence-corrected chi connectivity index (χ4v) is 2.16. The lowest BCUT2D eigenvalue weighted by Crippen LogP contribution is -2.30. The Bertz CT molecular complexity index is 857. The first-order valence-electron chi connectivity index (χ1n) is 7.72. The Hall–Kier alpha value is -3.53. The number of anilines is 1. The lowest BCUT2D eigenvalue weighted by Gasteiger charge is -2.17. The van der Waals surface area contributed by atoms with E-state index in [1.807, 2.05) is 6.07 Å². The maximum Gasteiger partial charge on any atom is 0.341 e. The Kier molecular flexibility index (Phi) is 6.17. The van der Waals surface area contributed by atoms with Crippen molar-refractivity contribution in [3.63, 3.8) is 0 Å². The molecule has 1 atom stereocenters.